The Morgan fingerprint density at radius 2 is 1.61 bits per heavy atom. The number of anilines is 1. The molecule has 0 fully saturated rings. The first kappa shape index (κ1) is 22.1. The number of aromatic nitrogens is 1. The van der Waals surface area contributed by atoms with E-state index in [2.05, 4.69) is 4.98 Å². The van der Waals surface area contributed by atoms with Gasteiger partial charge in [-0.2, -0.15) is 0 Å². The molecule has 0 unspecified atom stereocenters. The topological polar surface area (TPSA) is 88.7 Å². The fourth-order valence-corrected chi connectivity index (χ4v) is 3.53. The predicted molar refractivity (Wildman–Crippen MR) is 121 cm³/mol. The van der Waals surface area contributed by atoms with Crippen molar-refractivity contribution in [2.45, 2.75) is 27.7 Å². The predicted octanol–water partition coefficient (Wildman–Crippen LogP) is 3.83. The third kappa shape index (κ3) is 4.30. The van der Waals surface area contributed by atoms with Crippen LogP contribution in [0.4, 0.5) is 5.69 Å². The highest BCUT2D eigenvalue weighted by atomic mass is 16.6. The summed E-state index contributed by atoms with van der Waals surface area (Å²) in [6, 6.07) is 10.9. The molecule has 0 aliphatic carbocycles. The van der Waals surface area contributed by atoms with E-state index in [-0.39, 0.29) is 24.2 Å². The molecule has 7 heteroatoms. The molecule has 1 heterocycles. The molecule has 3 aromatic rings. The Balaban J connectivity index is 2.17. The Labute approximate surface area is 180 Å². The molecule has 0 spiro atoms. The summed E-state index contributed by atoms with van der Waals surface area (Å²) in [6.45, 7) is 7.91. The van der Waals surface area contributed by atoms with Crippen LogP contribution >= 0.6 is 0 Å². The molecule has 7 nitrogen and oxygen atoms in total. The zero-order chi connectivity index (χ0) is 22.5. The van der Waals surface area contributed by atoms with Crippen molar-refractivity contribution in [3.8, 4) is 0 Å². The molecule has 0 saturated heterocycles. The summed E-state index contributed by atoms with van der Waals surface area (Å²) in [4.78, 5) is 42.8. The quantitative estimate of drug-likeness (QED) is 0.205. The summed E-state index contributed by atoms with van der Waals surface area (Å²) in [7, 11) is 0. The van der Waals surface area contributed by atoms with Gasteiger partial charge < -0.3 is 19.4 Å². The number of rotatable bonds is 7. The van der Waals surface area contributed by atoms with Crippen LogP contribution in [0.5, 0.6) is 0 Å². The molecular formula is C24H26N2O5. The van der Waals surface area contributed by atoms with Gasteiger partial charge in [-0.3, -0.25) is 4.79 Å². The number of hydrogen-bond acceptors (Lipinski definition) is 6. The molecule has 0 radical (unpaired) electrons. The van der Waals surface area contributed by atoms with E-state index in [4.69, 9.17) is 9.47 Å². The average molecular weight is 422 g/mol. The second-order valence-electron chi connectivity index (χ2n) is 6.90. The molecule has 0 bridgehead atoms. The maximum Gasteiger partial charge on any atom is 0.347 e. The number of aryl methyl sites for hydroxylation is 1. The van der Waals surface area contributed by atoms with E-state index >= 15 is 0 Å². The standard InChI is InChI=1S/C24H26N2O5/c1-5-26(14-18(23(28)30-6-2)24(29)31-7-3)20-13-12-17-21(15(20)4)25-19-11-9-8-10-16(19)22(17)27/h8-14H,5-7H2,1-4H3,(H,25,27). The smallest absolute Gasteiger partial charge is 0.347 e. The fraction of sp³-hybridized carbons (Fsp3) is 0.292. The van der Waals surface area contributed by atoms with E-state index in [0.717, 1.165) is 16.8 Å². The number of nitrogens with one attached hydrogen (secondary N) is 1. The van der Waals surface area contributed by atoms with Crippen LogP contribution < -0.4 is 10.3 Å². The maximum absolute atomic E-state index is 12.9. The number of carbonyl (C=O) groups excluding carboxylic acids is 2. The van der Waals surface area contributed by atoms with Crippen molar-refractivity contribution in [2.75, 3.05) is 24.7 Å². The summed E-state index contributed by atoms with van der Waals surface area (Å²) in [5.41, 5.74) is 2.81. The highest BCUT2D eigenvalue weighted by Gasteiger charge is 2.23. The van der Waals surface area contributed by atoms with Crippen LogP contribution in [-0.2, 0) is 19.1 Å². The van der Waals surface area contributed by atoms with Gasteiger partial charge >= 0.3 is 11.9 Å². The normalized spacial score (nSPS) is 10.7. The summed E-state index contributed by atoms with van der Waals surface area (Å²) >= 11 is 0. The molecule has 1 aromatic heterocycles. The first-order valence-corrected chi connectivity index (χ1v) is 10.3. The number of H-pyrrole nitrogens is 1. The second kappa shape index (κ2) is 9.47. The van der Waals surface area contributed by atoms with Crippen molar-refractivity contribution in [1.82, 2.24) is 4.98 Å². The number of nitrogens with zero attached hydrogens (tertiary/aromatic N) is 1. The number of aromatic amines is 1. The van der Waals surface area contributed by atoms with Gasteiger partial charge in [0.1, 0.15) is 0 Å². The fourth-order valence-electron chi connectivity index (χ4n) is 3.53. The summed E-state index contributed by atoms with van der Waals surface area (Å²) < 4.78 is 10.1. The molecule has 2 aromatic carbocycles. The van der Waals surface area contributed by atoms with Crippen LogP contribution in [0.15, 0.2) is 53.0 Å². The molecule has 0 aliphatic heterocycles. The lowest BCUT2D eigenvalue weighted by Crippen LogP contribution is -2.24. The molecule has 0 aliphatic rings. The van der Waals surface area contributed by atoms with Crippen molar-refractivity contribution in [1.29, 1.82) is 0 Å². The van der Waals surface area contributed by atoms with Gasteiger partial charge in [0.15, 0.2) is 11.0 Å². The number of hydrogen-bond donors (Lipinski definition) is 1. The van der Waals surface area contributed by atoms with Crippen LogP contribution in [0, 0.1) is 6.92 Å². The van der Waals surface area contributed by atoms with Crippen molar-refractivity contribution in [3.63, 3.8) is 0 Å². The van der Waals surface area contributed by atoms with Crippen molar-refractivity contribution < 1.29 is 19.1 Å². The first-order valence-electron chi connectivity index (χ1n) is 10.3. The van der Waals surface area contributed by atoms with Crippen molar-refractivity contribution in [2.24, 2.45) is 0 Å². The highest BCUT2D eigenvalue weighted by Crippen LogP contribution is 2.28. The Morgan fingerprint density at radius 1 is 0.968 bits per heavy atom. The molecule has 0 amide bonds. The summed E-state index contributed by atoms with van der Waals surface area (Å²) in [6.07, 6.45) is 1.45. The van der Waals surface area contributed by atoms with Crippen LogP contribution in [0.3, 0.4) is 0 Å². The zero-order valence-electron chi connectivity index (χ0n) is 18.2. The lowest BCUT2D eigenvalue weighted by Gasteiger charge is -2.23. The second-order valence-corrected chi connectivity index (χ2v) is 6.90. The van der Waals surface area contributed by atoms with Crippen molar-refractivity contribution >= 4 is 39.4 Å². The van der Waals surface area contributed by atoms with Gasteiger partial charge in [-0.1, -0.05) is 12.1 Å². The Kier molecular flexibility index (Phi) is 6.74. The third-order valence-electron chi connectivity index (χ3n) is 5.04. The Hall–Kier alpha value is -3.61. The number of carbonyl (C=O) groups is 2. The van der Waals surface area contributed by atoms with E-state index < -0.39 is 11.9 Å². The lowest BCUT2D eigenvalue weighted by atomic mass is 10.0. The van der Waals surface area contributed by atoms with Gasteiger partial charge in [-0.25, -0.2) is 9.59 Å². The molecule has 162 valence electrons. The maximum atomic E-state index is 12.9. The zero-order valence-corrected chi connectivity index (χ0v) is 18.2. The summed E-state index contributed by atoms with van der Waals surface area (Å²) in [5.74, 6) is -1.48. The largest absolute Gasteiger partial charge is 0.462 e. The molecular weight excluding hydrogens is 396 g/mol. The average Bonchev–Trinajstić information content (AvgIpc) is 2.76. The van der Waals surface area contributed by atoms with Gasteiger partial charge in [0.25, 0.3) is 0 Å². The number of pyridine rings is 1. The number of benzene rings is 2. The minimum Gasteiger partial charge on any atom is -0.462 e. The van der Waals surface area contributed by atoms with E-state index in [0.29, 0.717) is 22.8 Å². The van der Waals surface area contributed by atoms with Gasteiger partial charge in [-0.05, 0) is 57.5 Å². The number of esters is 2. The van der Waals surface area contributed by atoms with E-state index in [1.54, 1.807) is 30.9 Å². The van der Waals surface area contributed by atoms with Crippen LogP contribution in [0.2, 0.25) is 0 Å². The number of para-hydroxylation sites is 1. The van der Waals surface area contributed by atoms with E-state index in [1.807, 2.05) is 38.1 Å². The Morgan fingerprint density at radius 3 is 2.23 bits per heavy atom. The third-order valence-corrected chi connectivity index (χ3v) is 5.04. The van der Waals surface area contributed by atoms with Crippen molar-refractivity contribution in [3.05, 3.63) is 64.0 Å². The van der Waals surface area contributed by atoms with Crippen LogP contribution in [-0.4, -0.2) is 36.7 Å². The minimum atomic E-state index is -0.739. The van der Waals surface area contributed by atoms with Gasteiger partial charge in [0, 0.05) is 34.7 Å². The van der Waals surface area contributed by atoms with Crippen LogP contribution in [0.25, 0.3) is 21.8 Å². The number of ether oxygens (including phenoxy) is 2. The van der Waals surface area contributed by atoms with E-state index in [1.165, 1.54) is 6.20 Å². The highest BCUT2D eigenvalue weighted by molar-refractivity contribution is 6.14. The summed E-state index contributed by atoms with van der Waals surface area (Å²) in [5, 5.41) is 1.21. The molecule has 1 N–H and O–H groups in total. The van der Waals surface area contributed by atoms with Gasteiger partial charge in [0.05, 0.1) is 18.7 Å². The van der Waals surface area contributed by atoms with Gasteiger partial charge in [-0.15, -0.1) is 0 Å². The minimum absolute atomic E-state index is 0.0451. The molecule has 3 rings (SSSR count). The molecule has 0 atom stereocenters. The number of fused-ring (bicyclic) bond motifs is 2. The first-order chi connectivity index (χ1) is 14.9. The lowest BCUT2D eigenvalue weighted by molar-refractivity contribution is -0.146. The molecule has 0 saturated carbocycles. The SMILES string of the molecule is CCOC(=O)C(=CN(CC)c1ccc2c(=O)c3ccccc3[nH]c2c1C)C(=O)OCC. The van der Waals surface area contributed by atoms with Gasteiger partial charge in [0.2, 0.25) is 0 Å². The molecule has 31 heavy (non-hydrogen) atoms. The van der Waals surface area contributed by atoms with Crippen LogP contribution in [0.1, 0.15) is 26.3 Å². The van der Waals surface area contributed by atoms with E-state index in [9.17, 15) is 14.4 Å². The monoisotopic (exact) mass is 422 g/mol. The Bertz CT molecular complexity index is 1210.